The Morgan fingerprint density at radius 3 is 2.67 bits per heavy atom. The van der Waals surface area contributed by atoms with Gasteiger partial charge in [0.15, 0.2) is 5.96 Å². The molecule has 0 aliphatic heterocycles. The van der Waals surface area contributed by atoms with Gasteiger partial charge in [-0.3, -0.25) is 4.99 Å². The number of halogens is 1. The summed E-state index contributed by atoms with van der Waals surface area (Å²) in [7, 11) is 3.50. The van der Waals surface area contributed by atoms with Crippen LogP contribution in [0.2, 0.25) is 0 Å². The number of hydrogen-bond donors (Lipinski definition) is 2. The fraction of sp³-hybridized carbons (Fsp3) is 0.304. The van der Waals surface area contributed by atoms with Gasteiger partial charge in [0, 0.05) is 39.1 Å². The molecule has 0 saturated carbocycles. The van der Waals surface area contributed by atoms with Crippen LogP contribution in [0.5, 0.6) is 5.75 Å². The fourth-order valence-corrected chi connectivity index (χ4v) is 3.18. The zero-order valence-corrected chi connectivity index (χ0v) is 20.1. The Morgan fingerprint density at radius 1 is 1.10 bits per heavy atom. The number of aliphatic imine (C=N–C) groups is 1. The van der Waals surface area contributed by atoms with E-state index in [0.717, 1.165) is 43.3 Å². The van der Waals surface area contributed by atoms with E-state index in [-0.39, 0.29) is 24.0 Å². The third-order valence-electron chi connectivity index (χ3n) is 4.78. The number of guanidine groups is 1. The number of ether oxygens (including phenoxy) is 1. The number of nitrogens with one attached hydrogen (secondary N) is 2. The van der Waals surface area contributed by atoms with Gasteiger partial charge in [0.2, 0.25) is 0 Å². The summed E-state index contributed by atoms with van der Waals surface area (Å²) in [5.74, 6) is 1.73. The third kappa shape index (κ3) is 7.05. The quantitative estimate of drug-likeness (QED) is 0.270. The minimum absolute atomic E-state index is 0. The first kappa shape index (κ1) is 23.7. The van der Waals surface area contributed by atoms with Crippen LogP contribution in [0, 0.1) is 6.92 Å². The Hall–Kier alpha value is -2.55. The predicted molar refractivity (Wildman–Crippen MR) is 133 cm³/mol. The van der Waals surface area contributed by atoms with E-state index >= 15 is 0 Å². The highest BCUT2D eigenvalue weighted by Crippen LogP contribution is 2.19. The van der Waals surface area contributed by atoms with Gasteiger partial charge in [-0.25, -0.2) is 4.98 Å². The van der Waals surface area contributed by atoms with Crippen molar-refractivity contribution in [1.82, 2.24) is 20.2 Å². The summed E-state index contributed by atoms with van der Waals surface area (Å²) in [4.78, 5) is 8.42. The lowest BCUT2D eigenvalue weighted by Gasteiger charge is -2.13. The van der Waals surface area contributed by atoms with E-state index in [0.29, 0.717) is 0 Å². The first-order chi connectivity index (χ1) is 14.2. The van der Waals surface area contributed by atoms with Gasteiger partial charge in [0.25, 0.3) is 0 Å². The summed E-state index contributed by atoms with van der Waals surface area (Å²) in [6.07, 6.45) is 6.51. The molecule has 3 aromatic rings. The molecule has 6 nitrogen and oxygen atoms in total. The molecule has 0 spiro atoms. The van der Waals surface area contributed by atoms with Crippen molar-refractivity contribution in [3.05, 3.63) is 83.4 Å². The van der Waals surface area contributed by atoms with Crippen molar-refractivity contribution in [2.24, 2.45) is 4.99 Å². The lowest BCUT2D eigenvalue weighted by molar-refractivity contribution is 0.411. The van der Waals surface area contributed by atoms with Crippen LogP contribution >= 0.6 is 24.0 Å². The summed E-state index contributed by atoms with van der Waals surface area (Å²) in [6, 6.07) is 14.9. The molecule has 0 fully saturated rings. The molecule has 0 unspecified atom stereocenters. The van der Waals surface area contributed by atoms with Gasteiger partial charge in [-0.05, 0) is 41.7 Å². The molecule has 0 amide bonds. The zero-order valence-electron chi connectivity index (χ0n) is 17.8. The maximum absolute atomic E-state index is 5.40. The van der Waals surface area contributed by atoms with Crippen LogP contribution in [-0.2, 0) is 19.5 Å². The Labute approximate surface area is 195 Å². The minimum Gasteiger partial charge on any atom is -0.496 e. The molecule has 0 aliphatic rings. The van der Waals surface area contributed by atoms with Gasteiger partial charge in [-0.2, -0.15) is 0 Å². The van der Waals surface area contributed by atoms with Crippen molar-refractivity contribution in [3.8, 4) is 5.75 Å². The maximum atomic E-state index is 5.40. The van der Waals surface area contributed by atoms with Crippen LogP contribution in [0.3, 0.4) is 0 Å². The molecule has 1 heterocycles. The van der Waals surface area contributed by atoms with Gasteiger partial charge in [-0.15, -0.1) is 24.0 Å². The number of imidazole rings is 1. The molecule has 3 rings (SSSR count). The molecule has 2 N–H and O–H groups in total. The van der Waals surface area contributed by atoms with E-state index in [9.17, 15) is 0 Å². The number of aromatic nitrogens is 2. The largest absolute Gasteiger partial charge is 0.496 e. The highest BCUT2D eigenvalue weighted by Gasteiger charge is 2.03. The van der Waals surface area contributed by atoms with E-state index in [1.807, 2.05) is 12.5 Å². The highest BCUT2D eigenvalue weighted by molar-refractivity contribution is 14.0. The van der Waals surface area contributed by atoms with Crippen molar-refractivity contribution in [1.29, 1.82) is 0 Å². The predicted octanol–water partition coefficient (Wildman–Crippen LogP) is 3.77. The Balaban J connectivity index is 0.00000320. The van der Waals surface area contributed by atoms with Crippen molar-refractivity contribution in [2.75, 3.05) is 20.7 Å². The van der Waals surface area contributed by atoms with Crippen LogP contribution in [-0.4, -0.2) is 36.2 Å². The molecule has 0 atom stereocenters. The van der Waals surface area contributed by atoms with E-state index in [4.69, 9.17) is 4.74 Å². The molecule has 160 valence electrons. The second-order valence-electron chi connectivity index (χ2n) is 6.96. The molecule has 30 heavy (non-hydrogen) atoms. The second kappa shape index (κ2) is 12.2. The Kier molecular flexibility index (Phi) is 9.66. The number of methoxy groups -OCH3 is 1. The molecule has 7 heteroatoms. The summed E-state index contributed by atoms with van der Waals surface area (Å²) in [6.45, 7) is 4.39. The number of nitrogens with zero attached hydrogens (tertiary/aromatic N) is 3. The normalized spacial score (nSPS) is 11.0. The van der Waals surface area contributed by atoms with Crippen LogP contribution in [0.1, 0.15) is 22.3 Å². The molecule has 0 aliphatic carbocycles. The monoisotopic (exact) mass is 519 g/mol. The zero-order chi connectivity index (χ0) is 20.5. The number of benzene rings is 2. The molecule has 0 bridgehead atoms. The van der Waals surface area contributed by atoms with Crippen molar-refractivity contribution < 1.29 is 4.74 Å². The van der Waals surface area contributed by atoms with Crippen molar-refractivity contribution in [2.45, 2.75) is 26.4 Å². The first-order valence-electron chi connectivity index (χ1n) is 9.79. The lowest BCUT2D eigenvalue weighted by atomic mass is 10.1. The standard InChI is InChI=1S/C23H29N5O.HI/c1-18-7-8-19(14-22(18)29-3)9-10-26-23(24-2)27-15-20-5-4-6-21(13-20)16-28-12-11-25-17-28;/h4-8,11-14,17H,9-10,15-16H2,1-3H3,(H2,24,26,27);1H. The molecular formula is C23H30IN5O. The van der Waals surface area contributed by atoms with E-state index in [1.165, 1.54) is 16.7 Å². The Morgan fingerprint density at radius 2 is 1.93 bits per heavy atom. The maximum Gasteiger partial charge on any atom is 0.191 e. The smallest absolute Gasteiger partial charge is 0.191 e. The molecule has 0 saturated heterocycles. The first-order valence-corrected chi connectivity index (χ1v) is 9.79. The lowest BCUT2D eigenvalue weighted by Crippen LogP contribution is -2.37. The van der Waals surface area contributed by atoms with E-state index in [2.05, 4.69) is 74.6 Å². The highest BCUT2D eigenvalue weighted by atomic mass is 127. The van der Waals surface area contributed by atoms with Crippen LogP contribution in [0.25, 0.3) is 0 Å². The van der Waals surface area contributed by atoms with Gasteiger partial charge < -0.3 is 19.9 Å². The van der Waals surface area contributed by atoms with Crippen molar-refractivity contribution >= 4 is 29.9 Å². The second-order valence-corrected chi connectivity index (χ2v) is 6.96. The number of rotatable bonds is 8. The van der Waals surface area contributed by atoms with Gasteiger partial charge in [0.1, 0.15) is 5.75 Å². The van der Waals surface area contributed by atoms with E-state index < -0.39 is 0 Å². The summed E-state index contributed by atoms with van der Waals surface area (Å²) in [5, 5.41) is 6.76. The average Bonchev–Trinajstić information content (AvgIpc) is 3.25. The van der Waals surface area contributed by atoms with Gasteiger partial charge >= 0.3 is 0 Å². The molecule has 0 radical (unpaired) electrons. The van der Waals surface area contributed by atoms with Gasteiger partial charge in [0.05, 0.1) is 13.4 Å². The third-order valence-corrected chi connectivity index (χ3v) is 4.78. The molecule has 2 aromatic carbocycles. The van der Waals surface area contributed by atoms with Crippen LogP contribution in [0.15, 0.2) is 66.2 Å². The number of aryl methyl sites for hydroxylation is 1. The van der Waals surface area contributed by atoms with Crippen LogP contribution < -0.4 is 15.4 Å². The van der Waals surface area contributed by atoms with E-state index in [1.54, 1.807) is 20.4 Å². The summed E-state index contributed by atoms with van der Waals surface area (Å²) < 4.78 is 7.47. The average molecular weight is 519 g/mol. The Bertz CT molecular complexity index is 941. The van der Waals surface area contributed by atoms with Gasteiger partial charge in [-0.1, -0.05) is 36.4 Å². The number of hydrogen-bond acceptors (Lipinski definition) is 3. The summed E-state index contributed by atoms with van der Waals surface area (Å²) >= 11 is 0. The summed E-state index contributed by atoms with van der Waals surface area (Å²) in [5.41, 5.74) is 4.85. The topological polar surface area (TPSA) is 63.5 Å². The SMILES string of the molecule is CN=C(NCCc1ccc(C)c(OC)c1)NCc1cccc(Cn2ccnc2)c1.I. The molecule has 1 aromatic heterocycles. The molecular weight excluding hydrogens is 489 g/mol. The fourth-order valence-electron chi connectivity index (χ4n) is 3.18. The van der Waals surface area contributed by atoms with Crippen molar-refractivity contribution in [3.63, 3.8) is 0 Å². The van der Waals surface area contributed by atoms with Crippen LogP contribution in [0.4, 0.5) is 0 Å². The minimum atomic E-state index is 0.